The molecule has 0 bridgehead atoms. The van der Waals surface area contributed by atoms with Gasteiger partial charge in [-0.05, 0) is 25.3 Å². The summed E-state index contributed by atoms with van der Waals surface area (Å²) in [7, 11) is 0. The zero-order valence-electron chi connectivity index (χ0n) is 15.8. The number of carbonyl (C=O) groups excluding carboxylic acids is 2. The number of hydrogen-bond acceptors (Lipinski definition) is 6. The Bertz CT molecular complexity index is 742. The summed E-state index contributed by atoms with van der Waals surface area (Å²) in [5.74, 6) is -0.228. The van der Waals surface area contributed by atoms with Crippen molar-refractivity contribution in [1.82, 2.24) is 20.8 Å². The minimum Gasteiger partial charge on any atom is -0.349 e. The van der Waals surface area contributed by atoms with E-state index >= 15 is 0 Å². The van der Waals surface area contributed by atoms with E-state index in [4.69, 9.17) is 0 Å². The number of carbonyl (C=O) groups is 2. The lowest BCUT2D eigenvalue weighted by atomic mass is 9.84. The lowest BCUT2D eigenvalue weighted by molar-refractivity contribution is -0.138. The summed E-state index contributed by atoms with van der Waals surface area (Å²) in [6.45, 7) is 0.811. The molecular formula is C18H24F3N5O2S. The molecule has 1 aromatic heterocycles. The van der Waals surface area contributed by atoms with Crippen LogP contribution in [0.25, 0.3) is 0 Å². The Hall–Kier alpha value is -2.01. The largest absolute Gasteiger partial charge is 0.445 e. The highest BCUT2D eigenvalue weighted by Gasteiger charge is 2.35. The number of nitrogens with one attached hydrogen (secondary N) is 3. The second-order valence-electron chi connectivity index (χ2n) is 7.41. The summed E-state index contributed by atoms with van der Waals surface area (Å²) in [6.07, 6.45) is 5.50. The van der Waals surface area contributed by atoms with Crippen LogP contribution in [0.5, 0.6) is 0 Å². The maximum Gasteiger partial charge on any atom is 0.445 e. The fourth-order valence-corrected chi connectivity index (χ4v) is 4.12. The molecule has 2 amide bonds. The number of hydrogen-bond donors (Lipinski definition) is 3. The normalized spacial score (nSPS) is 21.6. The van der Waals surface area contributed by atoms with Crippen LogP contribution >= 0.6 is 11.3 Å². The van der Waals surface area contributed by atoms with Crippen molar-refractivity contribution in [2.24, 2.45) is 5.92 Å². The third-order valence-electron chi connectivity index (χ3n) is 5.16. The van der Waals surface area contributed by atoms with Crippen molar-refractivity contribution in [3.63, 3.8) is 0 Å². The van der Waals surface area contributed by atoms with Gasteiger partial charge in [0.15, 0.2) is 0 Å². The maximum atomic E-state index is 12.6. The molecule has 7 nitrogen and oxygen atoms in total. The molecule has 1 aliphatic carbocycles. The van der Waals surface area contributed by atoms with Gasteiger partial charge in [0, 0.05) is 12.1 Å². The summed E-state index contributed by atoms with van der Waals surface area (Å²) in [6, 6.07) is -0.507. The first-order chi connectivity index (χ1) is 13.8. The number of anilines is 1. The molecule has 3 N–H and O–H groups in total. The zero-order valence-corrected chi connectivity index (χ0v) is 16.6. The first kappa shape index (κ1) is 21.7. The fourth-order valence-electron chi connectivity index (χ4n) is 3.50. The molecule has 11 heteroatoms. The molecule has 1 aliphatic heterocycles. The van der Waals surface area contributed by atoms with E-state index in [2.05, 4.69) is 26.1 Å². The van der Waals surface area contributed by atoms with Crippen LogP contribution in [0.2, 0.25) is 0 Å². The van der Waals surface area contributed by atoms with Crippen molar-refractivity contribution in [1.29, 1.82) is 0 Å². The highest BCUT2D eigenvalue weighted by atomic mass is 32.1. The zero-order chi connectivity index (χ0) is 20.9. The van der Waals surface area contributed by atoms with E-state index in [-0.39, 0.29) is 34.5 Å². The quantitative estimate of drug-likeness (QED) is 0.577. The topological polar surface area (TPSA) is 96.0 Å². The average molecular weight is 431 g/mol. The van der Waals surface area contributed by atoms with Crippen LogP contribution in [0.3, 0.4) is 0 Å². The Kier molecular flexibility index (Phi) is 7.23. The van der Waals surface area contributed by atoms with Crippen molar-refractivity contribution in [3.05, 3.63) is 17.2 Å². The summed E-state index contributed by atoms with van der Waals surface area (Å²) in [4.78, 5) is 24.4. The van der Waals surface area contributed by atoms with Crippen LogP contribution in [0, 0.1) is 5.92 Å². The number of rotatable bonds is 7. The lowest BCUT2D eigenvalue weighted by Crippen LogP contribution is -2.55. The van der Waals surface area contributed by atoms with Gasteiger partial charge in [0.2, 0.25) is 22.0 Å². The van der Waals surface area contributed by atoms with Crippen molar-refractivity contribution >= 4 is 28.3 Å². The molecule has 2 aliphatic rings. The van der Waals surface area contributed by atoms with Crippen LogP contribution in [0.4, 0.5) is 18.3 Å². The van der Waals surface area contributed by atoms with Crippen LogP contribution in [-0.4, -0.2) is 40.6 Å². The molecule has 2 fully saturated rings. The lowest BCUT2D eigenvalue weighted by Gasteiger charge is -2.30. The minimum absolute atomic E-state index is 0.0962. The Morgan fingerprint density at radius 1 is 1.21 bits per heavy atom. The highest BCUT2D eigenvalue weighted by molar-refractivity contribution is 7.15. The number of alkyl halides is 3. The van der Waals surface area contributed by atoms with Crippen LogP contribution in [0.15, 0.2) is 12.2 Å². The molecule has 1 saturated heterocycles. The van der Waals surface area contributed by atoms with E-state index in [0.29, 0.717) is 5.92 Å². The monoisotopic (exact) mass is 431 g/mol. The predicted molar refractivity (Wildman–Crippen MR) is 102 cm³/mol. The first-order valence-electron chi connectivity index (χ1n) is 9.75. The van der Waals surface area contributed by atoms with Gasteiger partial charge in [-0.15, -0.1) is 10.2 Å². The van der Waals surface area contributed by atoms with E-state index in [9.17, 15) is 22.8 Å². The standard InChI is InChI=1S/C18H24F3N5O2S/c19-18(20,21)16-25-26-17(29-16)24-14(27)7-6-12(10-11-4-2-1-3-5-11)23-15(28)13-8-9-22-13/h6-7,11-13,22H,1-5,8-10H2,(H,23,28)(H,24,26,27). The first-order valence-corrected chi connectivity index (χ1v) is 10.6. The van der Waals surface area contributed by atoms with Gasteiger partial charge in [0.1, 0.15) is 0 Å². The Morgan fingerprint density at radius 2 is 1.93 bits per heavy atom. The molecule has 0 spiro atoms. The number of halogens is 3. The minimum atomic E-state index is -4.60. The van der Waals surface area contributed by atoms with Gasteiger partial charge in [-0.1, -0.05) is 49.5 Å². The van der Waals surface area contributed by atoms with E-state index < -0.39 is 17.1 Å². The molecule has 29 heavy (non-hydrogen) atoms. The van der Waals surface area contributed by atoms with Gasteiger partial charge in [0.25, 0.3) is 0 Å². The van der Waals surface area contributed by atoms with Crippen LogP contribution in [-0.2, 0) is 15.8 Å². The molecule has 1 aromatic rings. The van der Waals surface area contributed by atoms with Crippen LogP contribution in [0.1, 0.15) is 50.0 Å². The molecule has 0 aromatic carbocycles. The molecular weight excluding hydrogens is 407 g/mol. The van der Waals surface area contributed by atoms with Crippen molar-refractivity contribution in [2.75, 3.05) is 11.9 Å². The van der Waals surface area contributed by atoms with Gasteiger partial charge >= 0.3 is 6.18 Å². The van der Waals surface area contributed by atoms with E-state index in [1.165, 1.54) is 12.5 Å². The fraction of sp³-hybridized carbons (Fsp3) is 0.667. The molecule has 1 saturated carbocycles. The molecule has 2 heterocycles. The summed E-state index contributed by atoms with van der Waals surface area (Å²) < 4.78 is 37.7. The van der Waals surface area contributed by atoms with Gasteiger partial charge in [-0.2, -0.15) is 13.2 Å². The molecule has 160 valence electrons. The van der Waals surface area contributed by atoms with E-state index in [0.717, 1.165) is 45.1 Å². The highest BCUT2D eigenvalue weighted by Crippen LogP contribution is 2.33. The Balaban J connectivity index is 1.58. The predicted octanol–water partition coefficient (Wildman–Crippen LogP) is 2.87. The molecule has 3 rings (SSSR count). The third-order valence-corrected chi connectivity index (χ3v) is 6.04. The maximum absolute atomic E-state index is 12.6. The second kappa shape index (κ2) is 9.66. The van der Waals surface area contributed by atoms with Gasteiger partial charge in [-0.25, -0.2) is 0 Å². The number of amides is 2. The number of aromatic nitrogens is 2. The van der Waals surface area contributed by atoms with Gasteiger partial charge in [-0.3, -0.25) is 14.9 Å². The van der Waals surface area contributed by atoms with Gasteiger partial charge in [0.05, 0.1) is 6.04 Å². The third kappa shape index (κ3) is 6.49. The van der Waals surface area contributed by atoms with Crippen molar-refractivity contribution < 1.29 is 22.8 Å². The molecule has 2 atom stereocenters. The average Bonchev–Trinajstić information content (AvgIpc) is 3.08. The molecule has 2 unspecified atom stereocenters. The van der Waals surface area contributed by atoms with Crippen molar-refractivity contribution in [2.45, 2.75) is 63.2 Å². The summed E-state index contributed by atoms with van der Waals surface area (Å²) in [5.41, 5.74) is 0. The van der Waals surface area contributed by atoms with E-state index in [1.54, 1.807) is 6.08 Å². The summed E-state index contributed by atoms with van der Waals surface area (Å²) >= 11 is 0.265. The second-order valence-corrected chi connectivity index (χ2v) is 8.39. The number of nitrogens with zero attached hydrogens (tertiary/aromatic N) is 2. The molecule has 0 radical (unpaired) electrons. The SMILES string of the molecule is O=C(C=CC(CC1CCCCC1)NC(=O)C1CCN1)Nc1nnc(C(F)(F)F)s1. The summed E-state index contributed by atoms with van der Waals surface area (Å²) in [5, 5.41) is 13.3. The smallest absolute Gasteiger partial charge is 0.349 e. The van der Waals surface area contributed by atoms with Crippen molar-refractivity contribution in [3.8, 4) is 0 Å². The van der Waals surface area contributed by atoms with Crippen LogP contribution < -0.4 is 16.0 Å². The van der Waals surface area contributed by atoms with E-state index in [1.807, 2.05) is 0 Å². The Labute approximate surface area is 170 Å². The Morgan fingerprint density at radius 3 is 2.52 bits per heavy atom. The van der Waals surface area contributed by atoms with Gasteiger partial charge < -0.3 is 10.6 Å².